The molecule has 1 heterocycles. The smallest absolute Gasteiger partial charge is 0.232 e. The molecule has 1 amide bonds. The highest BCUT2D eigenvalue weighted by Crippen LogP contribution is 2.23. The summed E-state index contributed by atoms with van der Waals surface area (Å²) in [4.78, 5) is 18.2. The molecule has 4 nitrogen and oxygen atoms in total. The van der Waals surface area contributed by atoms with Crippen LogP contribution in [0.5, 0.6) is 0 Å². The van der Waals surface area contributed by atoms with Crippen LogP contribution in [0.2, 0.25) is 0 Å². The summed E-state index contributed by atoms with van der Waals surface area (Å²) in [6.07, 6.45) is 7.71. The van der Waals surface area contributed by atoms with Crippen LogP contribution >= 0.6 is 11.8 Å². The molecule has 0 bridgehead atoms. The van der Waals surface area contributed by atoms with Crippen LogP contribution in [0.15, 0.2) is 23.4 Å². The molecule has 0 aliphatic heterocycles. The number of thioether (sulfide) groups is 1. The fraction of sp³-hybridized carbons (Fsp3) is 0.571. The van der Waals surface area contributed by atoms with Gasteiger partial charge in [0.25, 0.3) is 0 Å². The topological polar surface area (TPSA) is 59.2 Å². The van der Waals surface area contributed by atoms with Crippen molar-refractivity contribution in [2.45, 2.75) is 43.2 Å². The van der Waals surface area contributed by atoms with Crippen molar-refractivity contribution in [3.63, 3.8) is 0 Å². The third-order valence-corrected chi connectivity index (χ3v) is 4.55. The van der Waals surface area contributed by atoms with Gasteiger partial charge < -0.3 is 10.6 Å². The number of nitrogens with two attached hydrogens (primary N) is 1. The quantitative estimate of drug-likeness (QED) is 0.861. The molecule has 2 rings (SSSR count). The minimum absolute atomic E-state index is 0.190. The first-order chi connectivity index (χ1) is 9.16. The van der Waals surface area contributed by atoms with Gasteiger partial charge in [0, 0.05) is 13.1 Å². The molecule has 5 heteroatoms. The molecule has 19 heavy (non-hydrogen) atoms. The van der Waals surface area contributed by atoms with E-state index in [2.05, 4.69) is 4.98 Å². The molecule has 1 aromatic heterocycles. The van der Waals surface area contributed by atoms with Crippen molar-refractivity contribution >= 4 is 23.4 Å². The number of hydrogen-bond donors (Lipinski definition) is 1. The van der Waals surface area contributed by atoms with E-state index in [-0.39, 0.29) is 5.91 Å². The highest BCUT2D eigenvalue weighted by Gasteiger charge is 2.21. The van der Waals surface area contributed by atoms with E-state index in [1.807, 2.05) is 24.1 Å². The van der Waals surface area contributed by atoms with Gasteiger partial charge in [-0.05, 0) is 25.0 Å². The van der Waals surface area contributed by atoms with Gasteiger partial charge >= 0.3 is 0 Å². The second-order valence-corrected chi connectivity index (χ2v) is 6.01. The maximum absolute atomic E-state index is 12.1. The van der Waals surface area contributed by atoms with E-state index < -0.39 is 0 Å². The minimum Gasteiger partial charge on any atom is -0.397 e. The Balaban J connectivity index is 1.81. The molecular formula is C14H21N3OS. The van der Waals surface area contributed by atoms with Gasteiger partial charge in [-0.1, -0.05) is 31.0 Å². The highest BCUT2D eigenvalue weighted by atomic mass is 32.2. The van der Waals surface area contributed by atoms with Crippen molar-refractivity contribution in [2.24, 2.45) is 0 Å². The molecule has 104 valence electrons. The average Bonchev–Trinajstić information content (AvgIpc) is 2.46. The van der Waals surface area contributed by atoms with Crippen molar-refractivity contribution in [1.82, 2.24) is 9.88 Å². The van der Waals surface area contributed by atoms with Crippen LogP contribution in [0.3, 0.4) is 0 Å². The fourth-order valence-corrected chi connectivity index (χ4v) is 3.15. The number of carbonyl (C=O) groups excluding carboxylic acids is 1. The van der Waals surface area contributed by atoms with E-state index >= 15 is 0 Å². The molecule has 0 unspecified atom stereocenters. The van der Waals surface area contributed by atoms with Crippen LogP contribution in [0.1, 0.15) is 32.1 Å². The van der Waals surface area contributed by atoms with Gasteiger partial charge in [-0.25, -0.2) is 4.98 Å². The third-order valence-electron chi connectivity index (χ3n) is 3.62. The van der Waals surface area contributed by atoms with Crippen molar-refractivity contribution in [3.05, 3.63) is 18.3 Å². The zero-order valence-electron chi connectivity index (χ0n) is 11.3. The lowest BCUT2D eigenvalue weighted by Crippen LogP contribution is -2.39. The Kier molecular flexibility index (Phi) is 5.07. The molecule has 1 saturated carbocycles. The summed E-state index contributed by atoms with van der Waals surface area (Å²) >= 11 is 1.47. The summed E-state index contributed by atoms with van der Waals surface area (Å²) in [6.45, 7) is 0. The Labute approximate surface area is 118 Å². The number of pyridine rings is 1. The number of carbonyl (C=O) groups is 1. The summed E-state index contributed by atoms with van der Waals surface area (Å²) in [5.74, 6) is 0.639. The van der Waals surface area contributed by atoms with Gasteiger partial charge in [0.05, 0.1) is 22.7 Å². The number of anilines is 1. The average molecular weight is 279 g/mol. The van der Waals surface area contributed by atoms with Crippen molar-refractivity contribution in [2.75, 3.05) is 18.5 Å². The lowest BCUT2D eigenvalue weighted by molar-refractivity contribution is -0.129. The Morgan fingerprint density at radius 1 is 1.42 bits per heavy atom. The number of rotatable bonds is 4. The van der Waals surface area contributed by atoms with E-state index in [0.29, 0.717) is 17.5 Å². The lowest BCUT2D eigenvalue weighted by Gasteiger charge is -2.31. The molecule has 1 aliphatic carbocycles. The lowest BCUT2D eigenvalue weighted by atomic mass is 9.94. The predicted octanol–water partition coefficient (Wildman–Crippen LogP) is 2.55. The molecule has 1 aromatic rings. The van der Waals surface area contributed by atoms with Gasteiger partial charge in [0.1, 0.15) is 0 Å². The summed E-state index contributed by atoms with van der Waals surface area (Å²) in [6, 6.07) is 4.10. The van der Waals surface area contributed by atoms with Crippen LogP contribution < -0.4 is 5.73 Å². The number of hydrogen-bond acceptors (Lipinski definition) is 4. The van der Waals surface area contributed by atoms with Gasteiger partial charge in [0.15, 0.2) is 0 Å². The van der Waals surface area contributed by atoms with Crippen molar-refractivity contribution < 1.29 is 4.79 Å². The predicted molar refractivity (Wildman–Crippen MR) is 79.0 cm³/mol. The number of aromatic nitrogens is 1. The highest BCUT2D eigenvalue weighted by molar-refractivity contribution is 7.99. The van der Waals surface area contributed by atoms with E-state index in [0.717, 1.165) is 17.9 Å². The van der Waals surface area contributed by atoms with Gasteiger partial charge in [0.2, 0.25) is 5.91 Å². The zero-order chi connectivity index (χ0) is 13.7. The second-order valence-electron chi connectivity index (χ2n) is 5.01. The summed E-state index contributed by atoms with van der Waals surface area (Å²) in [7, 11) is 1.93. The Morgan fingerprint density at radius 2 is 2.16 bits per heavy atom. The Morgan fingerprint density at radius 3 is 2.79 bits per heavy atom. The van der Waals surface area contributed by atoms with Crippen LogP contribution in [0.25, 0.3) is 0 Å². The van der Waals surface area contributed by atoms with Crippen LogP contribution in [0, 0.1) is 0 Å². The van der Waals surface area contributed by atoms with Crippen molar-refractivity contribution in [3.8, 4) is 0 Å². The fourth-order valence-electron chi connectivity index (χ4n) is 2.39. The Bertz CT molecular complexity index is 415. The normalized spacial score (nSPS) is 16.3. The summed E-state index contributed by atoms with van der Waals surface area (Å²) < 4.78 is 0. The maximum atomic E-state index is 12.1. The zero-order valence-corrected chi connectivity index (χ0v) is 12.2. The first kappa shape index (κ1) is 14.2. The van der Waals surface area contributed by atoms with Crippen LogP contribution in [0.4, 0.5) is 5.69 Å². The summed E-state index contributed by atoms with van der Waals surface area (Å²) in [5.41, 5.74) is 6.23. The SMILES string of the molecule is CN(C(=O)CSc1ccc(N)cn1)C1CCCCC1. The number of nitrogens with zero attached hydrogens (tertiary/aromatic N) is 2. The largest absolute Gasteiger partial charge is 0.397 e. The first-order valence-corrected chi connectivity index (χ1v) is 7.75. The van der Waals surface area contributed by atoms with Crippen LogP contribution in [-0.4, -0.2) is 34.6 Å². The summed E-state index contributed by atoms with van der Waals surface area (Å²) in [5, 5.41) is 0.847. The third kappa shape index (κ3) is 4.13. The van der Waals surface area contributed by atoms with Crippen molar-refractivity contribution in [1.29, 1.82) is 0 Å². The second kappa shape index (κ2) is 6.80. The molecule has 1 aliphatic rings. The molecule has 0 atom stereocenters. The molecular weight excluding hydrogens is 258 g/mol. The maximum Gasteiger partial charge on any atom is 0.232 e. The molecule has 0 saturated heterocycles. The molecule has 0 radical (unpaired) electrons. The molecule has 1 fully saturated rings. The minimum atomic E-state index is 0.190. The first-order valence-electron chi connectivity index (χ1n) is 6.77. The molecule has 0 aromatic carbocycles. The van der Waals surface area contributed by atoms with E-state index in [1.54, 1.807) is 6.20 Å². The van der Waals surface area contributed by atoms with E-state index in [1.165, 1.54) is 31.0 Å². The molecule has 0 spiro atoms. The van der Waals surface area contributed by atoms with Gasteiger partial charge in [-0.15, -0.1) is 0 Å². The van der Waals surface area contributed by atoms with Gasteiger partial charge in [-0.3, -0.25) is 4.79 Å². The Hall–Kier alpha value is -1.23. The standard InChI is InChI=1S/C14H21N3OS/c1-17(12-5-3-2-4-6-12)14(18)10-19-13-8-7-11(15)9-16-13/h7-9,12H,2-6,10,15H2,1H3. The number of amides is 1. The van der Waals surface area contributed by atoms with Gasteiger partial charge in [-0.2, -0.15) is 0 Å². The van der Waals surface area contributed by atoms with E-state index in [9.17, 15) is 4.79 Å². The monoisotopic (exact) mass is 279 g/mol. The number of nitrogen functional groups attached to an aromatic ring is 1. The van der Waals surface area contributed by atoms with Crippen LogP contribution in [-0.2, 0) is 4.79 Å². The molecule has 2 N–H and O–H groups in total. The van der Waals surface area contributed by atoms with E-state index in [4.69, 9.17) is 5.73 Å².